The standard InChI is InChI=1S/C26H50O2/c1-2-3-4-5-6-7-8-9-10-11-12-13-14-15-16-17-18-19-20-21-22-23-24-25-26(27)28/h3-4H,2,5-25H2,1H3,(H,27,28)/b4-3-. The van der Waals surface area contributed by atoms with Crippen molar-refractivity contribution in [1.82, 2.24) is 0 Å². The highest BCUT2D eigenvalue weighted by Gasteiger charge is 1.97. The molecule has 0 aliphatic carbocycles. The van der Waals surface area contributed by atoms with Crippen LogP contribution in [-0.4, -0.2) is 11.1 Å². The van der Waals surface area contributed by atoms with Gasteiger partial charge in [0.05, 0.1) is 0 Å². The Bertz CT molecular complexity index is 335. The molecule has 0 aromatic rings. The fourth-order valence-electron chi connectivity index (χ4n) is 3.83. The lowest BCUT2D eigenvalue weighted by Gasteiger charge is -2.04. The molecular formula is C26H50O2. The van der Waals surface area contributed by atoms with E-state index in [2.05, 4.69) is 19.1 Å². The molecule has 0 radical (unpaired) electrons. The van der Waals surface area contributed by atoms with Gasteiger partial charge in [0.2, 0.25) is 0 Å². The van der Waals surface area contributed by atoms with Gasteiger partial charge in [0, 0.05) is 6.42 Å². The van der Waals surface area contributed by atoms with Gasteiger partial charge in [0.25, 0.3) is 0 Å². The number of carbonyl (C=O) groups is 1. The molecule has 0 unspecified atom stereocenters. The lowest BCUT2D eigenvalue weighted by atomic mass is 10.0. The molecule has 0 amide bonds. The molecule has 0 heterocycles. The summed E-state index contributed by atoms with van der Waals surface area (Å²) in [5, 5.41) is 8.58. The van der Waals surface area contributed by atoms with E-state index in [1.54, 1.807) is 0 Å². The normalized spacial score (nSPS) is 11.5. The SMILES string of the molecule is CC/C=C\CCCCCCCCCCCCCCCCCCCCCC(=O)O. The number of unbranched alkanes of at least 4 members (excludes halogenated alkanes) is 19. The summed E-state index contributed by atoms with van der Waals surface area (Å²) in [4.78, 5) is 10.4. The number of allylic oxidation sites excluding steroid dienone is 2. The topological polar surface area (TPSA) is 37.3 Å². The zero-order valence-electron chi connectivity index (χ0n) is 19.1. The summed E-state index contributed by atoms with van der Waals surface area (Å²) < 4.78 is 0. The summed E-state index contributed by atoms with van der Waals surface area (Å²) in [5.74, 6) is -0.651. The molecule has 0 aliphatic heterocycles. The van der Waals surface area contributed by atoms with Crippen LogP contribution in [0.5, 0.6) is 0 Å². The van der Waals surface area contributed by atoms with Crippen molar-refractivity contribution in [1.29, 1.82) is 0 Å². The van der Waals surface area contributed by atoms with E-state index in [4.69, 9.17) is 5.11 Å². The maximum atomic E-state index is 10.4. The first-order valence-corrected chi connectivity index (χ1v) is 12.6. The van der Waals surface area contributed by atoms with Gasteiger partial charge in [-0.2, -0.15) is 0 Å². The molecule has 0 rings (SSSR count). The van der Waals surface area contributed by atoms with Crippen LogP contribution in [0.15, 0.2) is 12.2 Å². The predicted octanol–water partition coefficient (Wildman–Crippen LogP) is 9.23. The Hall–Kier alpha value is -0.790. The van der Waals surface area contributed by atoms with E-state index < -0.39 is 5.97 Å². The van der Waals surface area contributed by atoms with E-state index in [9.17, 15) is 4.79 Å². The molecule has 166 valence electrons. The number of rotatable bonds is 23. The molecule has 2 nitrogen and oxygen atoms in total. The Morgan fingerprint density at radius 2 is 0.857 bits per heavy atom. The summed E-state index contributed by atoms with van der Waals surface area (Å²) in [7, 11) is 0. The van der Waals surface area contributed by atoms with Crippen LogP contribution in [-0.2, 0) is 4.79 Å². The predicted molar refractivity (Wildman–Crippen MR) is 124 cm³/mol. The molecule has 0 aromatic heterocycles. The molecule has 2 heteroatoms. The van der Waals surface area contributed by atoms with Gasteiger partial charge in [-0.3, -0.25) is 4.79 Å². The highest BCUT2D eigenvalue weighted by atomic mass is 16.4. The van der Waals surface area contributed by atoms with Crippen LogP contribution in [0, 0.1) is 0 Å². The van der Waals surface area contributed by atoms with Crippen molar-refractivity contribution in [2.75, 3.05) is 0 Å². The summed E-state index contributed by atoms with van der Waals surface area (Å²) in [5.41, 5.74) is 0. The Morgan fingerprint density at radius 1 is 0.536 bits per heavy atom. The fourth-order valence-corrected chi connectivity index (χ4v) is 3.83. The van der Waals surface area contributed by atoms with Gasteiger partial charge in [-0.25, -0.2) is 0 Å². The third-order valence-corrected chi connectivity index (χ3v) is 5.66. The molecule has 0 aromatic carbocycles. The molecule has 0 aliphatic rings. The number of carboxylic acids is 1. The van der Waals surface area contributed by atoms with E-state index in [0.29, 0.717) is 6.42 Å². The van der Waals surface area contributed by atoms with Gasteiger partial charge in [-0.15, -0.1) is 0 Å². The number of carboxylic acid groups (broad SMARTS) is 1. The molecule has 0 atom stereocenters. The minimum Gasteiger partial charge on any atom is -0.481 e. The fraction of sp³-hybridized carbons (Fsp3) is 0.885. The third kappa shape index (κ3) is 25.2. The van der Waals surface area contributed by atoms with Crippen molar-refractivity contribution in [2.24, 2.45) is 0 Å². The first-order valence-electron chi connectivity index (χ1n) is 12.6. The Kier molecular flexibility index (Phi) is 23.6. The van der Waals surface area contributed by atoms with Crippen molar-refractivity contribution in [3.8, 4) is 0 Å². The van der Waals surface area contributed by atoms with Crippen LogP contribution in [0.3, 0.4) is 0 Å². The molecular weight excluding hydrogens is 344 g/mol. The van der Waals surface area contributed by atoms with Gasteiger partial charge < -0.3 is 5.11 Å². The van der Waals surface area contributed by atoms with Crippen LogP contribution in [0.2, 0.25) is 0 Å². The highest BCUT2D eigenvalue weighted by Crippen LogP contribution is 2.15. The van der Waals surface area contributed by atoms with E-state index >= 15 is 0 Å². The van der Waals surface area contributed by atoms with Crippen molar-refractivity contribution in [3.63, 3.8) is 0 Å². The van der Waals surface area contributed by atoms with Gasteiger partial charge in [0.1, 0.15) is 0 Å². The van der Waals surface area contributed by atoms with Crippen LogP contribution in [0.1, 0.15) is 148 Å². The van der Waals surface area contributed by atoms with E-state index in [-0.39, 0.29) is 0 Å². The molecule has 0 saturated carbocycles. The van der Waals surface area contributed by atoms with Crippen LogP contribution >= 0.6 is 0 Å². The second kappa shape index (κ2) is 24.2. The molecule has 0 fully saturated rings. The van der Waals surface area contributed by atoms with Crippen molar-refractivity contribution >= 4 is 5.97 Å². The number of hydrogen-bond acceptors (Lipinski definition) is 1. The molecule has 1 N–H and O–H groups in total. The maximum Gasteiger partial charge on any atom is 0.303 e. The summed E-state index contributed by atoms with van der Waals surface area (Å²) in [6, 6.07) is 0. The monoisotopic (exact) mass is 394 g/mol. The van der Waals surface area contributed by atoms with E-state index in [1.807, 2.05) is 0 Å². The summed E-state index contributed by atoms with van der Waals surface area (Å²) in [6.07, 6.45) is 33.1. The van der Waals surface area contributed by atoms with E-state index in [0.717, 1.165) is 12.8 Å². The average Bonchev–Trinajstić information content (AvgIpc) is 2.68. The summed E-state index contributed by atoms with van der Waals surface area (Å²) in [6.45, 7) is 2.20. The zero-order valence-corrected chi connectivity index (χ0v) is 19.1. The minimum atomic E-state index is -0.651. The number of hydrogen-bond donors (Lipinski definition) is 1. The lowest BCUT2D eigenvalue weighted by Crippen LogP contribution is -1.93. The van der Waals surface area contributed by atoms with Gasteiger partial charge in [0.15, 0.2) is 0 Å². The quantitative estimate of drug-likeness (QED) is 0.138. The van der Waals surface area contributed by atoms with Gasteiger partial charge in [-0.05, 0) is 25.7 Å². The third-order valence-electron chi connectivity index (χ3n) is 5.66. The van der Waals surface area contributed by atoms with Gasteiger partial charge in [-0.1, -0.05) is 128 Å². The Morgan fingerprint density at radius 3 is 1.18 bits per heavy atom. The summed E-state index contributed by atoms with van der Waals surface area (Å²) >= 11 is 0. The smallest absolute Gasteiger partial charge is 0.303 e. The van der Waals surface area contributed by atoms with E-state index in [1.165, 1.54) is 122 Å². The van der Waals surface area contributed by atoms with Crippen LogP contribution in [0.4, 0.5) is 0 Å². The van der Waals surface area contributed by atoms with Crippen LogP contribution in [0.25, 0.3) is 0 Å². The molecule has 0 spiro atoms. The molecule has 0 bridgehead atoms. The lowest BCUT2D eigenvalue weighted by molar-refractivity contribution is -0.137. The maximum absolute atomic E-state index is 10.4. The van der Waals surface area contributed by atoms with Crippen molar-refractivity contribution < 1.29 is 9.90 Å². The Balaban J connectivity index is 3.01. The first-order chi connectivity index (χ1) is 13.8. The van der Waals surface area contributed by atoms with Crippen LogP contribution < -0.4 is 0 Å². The number of aliphatic carboxylic acids is 1. The average molecular weight is 395 g/mol. The minimum absolute atomic E-state index is 0.344. The van der Waals surface area contributed by atoms with Gasteiger partial charge >= 0.3 is 5.97 Å². The second-order valence-electron chi connectivity index (χ2n) is 8.53. The molecule has 0 saturated heterocycles. The highest BCUT2D eigenvalue weighted by molar-refractivity contribution is 5.66. The largest absolute Gasteiger partial charge is 0.481 e. The van der Waals surface area contributed by atoms with Crippen molar-refractivity contribution in [2.45, 2.75) is 148 Å². The second-order valence-corrected chi connectivity index (χ2v) is 8.53. The van der Waals surface area contributed by atoms with Crippen molar-refractivity contribution in [3.05, 3.63) is 12.2 Å². The Labute approximate surface area is 176 Å². The first kappa shape index (κ1) is 27.2. The zero-order chi connectivity index (χ0) is 20.5. The molecule has 28 heavy (non-hydrogen) atoms.